The number of hydrogen-bond acceptors (Lipinski definition) is 4. The normalized spacial score (nSPS) is 15.5. The minimum absolute atomic E-state index is 0.114. The summed E-state index contributed by atoms with van der Waals surface area (Å²) in [6.45, 7) is 10.7. The second-order valence-corrected chi connectivity index (χ2v) is 7.67. The molecule has 168 valence electrons. The van der Waals surface area contributed by atoms with E-state index in [9.17, 15) is 0 Å². The van der Waals surface area contributed by atoms with Gasteiger partial charge >= 0.3 is 0 Å². The summed E-state index contributed by atoms with van der Waals surface area (Å²) >= 11 is 0. The number of nitrogens with zero attached hydrogens (tertiary/aromatic N) is 2. The number of hydrogen-bond donors (Lipinski definition) is 2. The highest BCUT2D eigenvalue weighted by Gasteiger charge is 2.10. The van der Waals surface area contributed by atoms with Gasteiger partial charge in [0.1, 0.15) is 0 Å². The van der Waals surface area contributed by atoms with Crippen LogP contribution in [0.3, 0.4) is 0 Å². The lowest BCUT2D eigenvalue weighted by molar-refractivity contribution is 0.0646. The summed E-state index contributed by atoms with van der Waals surface area (Å²) in [4.78, 5) is 7.09. The fourth-order valence-electron chi connectivity index (χ4n) is 3.51. The lowest BCUT2D eigenvalue weighted by Gasteiger charge is -2.28. The average Bonchev–Trinajstić information content (AvgIpc) is 2.83. The van der Waals surface area contributed by atoms with Crippen molar-refractivity contribution < 1.29 is 9.47 Å². The van der Waals surface area contributed by atoms with Crippen molar-refractivity contribution in [1.29, 1.82) is 0 Å². The molecule has 1 unspecified atom stereocenters. The Morgan fingerprint density at radius 2 is 1.81 bits per heavy atom. The summed E-state index contributed by atoms with van der Waals surface area (Å²) in [6, 6.07) is 19.0. The molecule has 0 amide bonds. The smallest absolute Gasteiger partial charge is 0.191 e. The fourth-order valence-corrected chi connectivity index (χ4v) is 3.51. The lowest BCUT2D eigenvalue weighted by atomic mass is 10.1. The van der Waals surface area contributed by atoms with Crippen molar-refractivity contribution in [2.24, 2.45) is 4.99 Å². The number of nitrogens with one attached hydrogen (secondary N) is 2. The van der Waals surface area contributed by atoms with Gasteiger partial charge in [-0.05, 0) is 43.5 Å². The zero-order chi connectivity index (χ0) is 21.7. The van der Waals surface area contributed by atoms with E-state index in [0.29, 0.717) is 13.2 Å². The summed E-state index contributed by atoms with van der Waals surface area (Å²) in [7, 11) is 0. The number of guanidine groups is 1. The Morgan fingerprint density at radius 3 is 2.52 bits per heavy atom. The molecule has 6 heteroatoms. The van der Waals surface area contributed by atoms with Gasteiger partial charge in [-0.25, -0.2) is 4.99 Å². The van der Waals surface area contributed by atoms with Gasteiger partial charge in [0.05, 0.1) is 25.9 Å². The van der Waals surface area contributed by atoms with Crippen LogP contribution in [0.5, 0.6) is 0 Å². The second kappa shape index (κ2) is 13.0. The number of rotatable bonds is 10. The summed E-state index contributed by atoms with van der Waals surface area (Å²) < 4.78 is 11.4. The van der Waals surface area contributed by atoms with Crippen LogP contribution in [0, 0.1) is 0 Å². The van der Waals surface area contributed by atoms with E-state index in [-0.39, 0.29) is 6.10 Å². The molecule has 31 heavy (non-hydrogen) atoms. The zero-order valence-corrected chi connectivity index (χ0v) is 18.8. The maximum Gasteiger partial charge on any atom is 0.191 e. The van der Waals surface area contributed by atoms with Crippen LogP contribution in [-0.2, 0) is 16.0 Å². The summed E-state index contributed by atoms with van der Waals surface area (Å²) in [5.74, 6) is 0.843. The molecule has 1 atom stereocenters. The third kappa shape index (κ3) is 7.89. The maximum absolute atomic E-state index is 5.95. The van der Waals surface area contributed by atoms with Crippen LogP contribution in [0.1, 0.15) is 37.5 Å². The van der Waals surface area contributed by atoms with Crippen LogP contribution < -0.4 is 15.5 Å². The van der Waals surface area contributed by atoms with Gasteiger partial charge in [0, 0.05) is 38.5 Å². The molecule has 6 nitrogen and oxygen atoms in total. The topological polar surface area (TPSA) is 58.1 Å². The fraction of sp³-hybridized carbons (Fsp3) is 0.480. The molecule has 0 spiro atoms. The van der Waals surface area contributed by atoms with Gasteiger partial charge < -0.3 is 25.0 Å². The second-order valence-electron chi connectivity index (χ2n) is 7.67. The molecule has 0 bridgehead atoms. The molecular formula is C25H36N4O2. The highest BCUT2D eigenvalue weighted by Crippen LogP contribution is 2.17. The summed E-state index contributed by atoms with van der Waals surface area (Å²) in [6.07, 6.45) is 1.04. The third-order valence-electron chi connectivity index (χ3n) is 5.33. The van der Waals surface area contributed by atoms with Gasteiger partial charge in [0.2, 0.25) is 0 Å². The SMILES string of the molecule is CCNC(=NCc1ccc(N2CCOCC2)cc1)NCCCOC(C)c1ccccc1. The molecule has 1 fully saturated rings. The van der Waals surface area contributed by atoms with Gasteiger partial charge in [-0.3, -0.25) is 0 Å². The first kappa shape index (κ1) is 23.1. The summed E-state index contributed by atoms with van der Waals surface area (Å²) in [5, 5.41) is 6.72. The van der Waals surface area contributed by atoms with E-state index in [1.165, 1.54) is 16.8 Å². The minimum atomic E-state index is 0.114. The van der Waals surface area contributed by atoms with Crippen molar-refractivity contribution in [1.82, 2.24) is 10.6 Å². The molecular weight excluding hydrogens is 388 g/mol. The van der Waals surface area contributed by atoms with Crippen molar-refractivity contribution in [3.63, 3.8) is 0 Å². The Bertz CT molecular complexity index is 774. The van der Waals surface area contributed by atoms with Crippen LogP contribution in [0.25, 0.3) is 0 Å². The van der Waals surface area contributed by atoms with Crippen molar-refractivity contribution in [2.75, 3.05) is 50.9 Å². The van der Waals surface area contributed by atoms with E-state index in [1.54, 1.807) is 0 Å². The Hall–Kier alpha value is -2.57. The highest BCUT2D eigenvalue weighted by molar-refractivity contribution is 5.79. The van der Waals surface area contributed by atoms with E-state index in [0.717, 1.165) is 51.8 Å². The molecule has 1 heterocycles. The Labute approximate surface area is 186 Å². The van der Waals surface area contributed by atoms with Crippen LogP contribution in [0.2, 0.25) is 0 Å². The Morgan fingerprint density at radius 1 is 1.06 bits per heavy atom. The predicted octanol–water partition coefficient (Wildman–Crippen LogP) is 3.75. The monoisotopic (exact) mass is 424 g/mol. The van der Waals surface area contributed by atoms with Crippen molar-refractivity contribution in [3.05, 3.63) is 65.7 Å². The molecule has 1 aliphatic rings. The van der Waals surface area contributed by atoms with E-state index >= 15 is 0 Å². The third-order valence-corrected chi connectivity index (χ3v) is 5.33. The van der Waals surface area contributed by atoms with Crippen LogP contribution in [-0.4, -0.2) is 52.0 Å². The van der Waals surface area contributed by atoms with Crippen molar-refractivity contribution >= 4 is 11.6 Å². The highest BCUT2D eigenvalue weighted by atomic mass is 16.5. The average molecular weight is 425 g/mol. The van der Waals surface area contributed by atoms with Crippen LogP contribution >= 0.6 is 0 Å². The molecule has 2 aromatic carbocycles. The maximum atomic E-state index is 5.95. The number of benzene rings is 2. The molecule has 1 saturated heterocycles. The van der Waals surface area contributed by atoms with Gasteiger partial charge in [0.15, 0.2) is 5.96 Å². The van der Waals surface area contributed by atoms with Crippen LogP contribution in [0.4, 0.5) is 5.69 Å². The Balaban J connectivity index is 1.40. The molecule has 2 N–H and O–H groups in total. The standard InChI is InChI=1S/C25H36N4O2/c1-3-26-25(27-14-7-17-31-21(2)23-8-5-4-6-9-23)28-20-22-10-12-24(13-11-22)29-15-18-30-19-16-29/h4-6,8-13,21H,3,7,14-20H2,1-2H3,(H2,26,27,28). The number of morpholine rings is 1. The number of aliphatic imine (C=N–C) groups is 1. The first-order valence-corrected chi connectivity index (χ1v) is 11.4. The number of ether oxygens (including phenoxy) is 2. The van der Waals surface area contributed by atoms with E-state index in [1.807, 2.05) is 18.2 Å². The van der Waals surface area contributed by atoms with Crippen LogP contribution in [0.15, 0.2) is 59.6 Å². The molecule has 0 radical (unpaired) electrons. The summed E-state index contributed by atoms with van der Waals surface area (Å²) in [5.41, 5.74) is 3.67. The van der Waals surface area contributed by atoms with Gasteiger partial charge in [0.25, 0.3) is 0 Å². The quantitative estimate of drug-likeness (QED) is 0.346. The molecule has 3 rings (SSSR count). The first-order valence-electron chi connectivity index (χ1n) is 11.4. The Kier molecular flexibility index (Phi) is 9.67. The predicted molar refractivity (Wildman–Crippen MR) is 128 cm³/mol. The van der Waals surface area contributed by atoms with Crippen molar-refractivity contribution in [2.45, 2.75) is 32.9 Å². The lowest BCUT2D eigenvalue weighted by Crippen LogP contribution is -2.38. The van der Waals surface area contributed by atoms with Gasteiger partial charge in [-0.15, -0.1) is 0 Å². The van der Waals surface area contributed by atoms with Gasteiger partial charge in [-0.2, -0.15) is 0 Å². The number of anilines is 1. The van der Waals surface area contributed by atoms with E-state index in [2.05, 4.69) is 65.8 Å². The minimum Gasteiger partial charge on any atom is -0.378 e. The van der Waals surface area contributed by atoms with E-state index < -0.39 is 0 Å². The van der Waals surface area contributed by atoms with E-state index in [4.69, 9.17) is 14.5 Å². The first-order chi connectivity index (χ1) is 15.3. The molecule has 0 aliphatic carbocycles. The zero-order valence-electron chi connectivity index (χ0n) is 18.8. The largest absolute Gasteiger partial charge is 0.378 e. The molecule has 0 aromatic heterocycles. The molecule has 2 aromatic rings. The van der Waals surface area contributed by atoms with Crippen molar-refractivity contribution in [3.8, 4) is 0 Å². The molecule has 0 saturated carbocycles. The van der Waals surface area contributed by atoms with Gasteiger partial charge in [-0.1, -0.05) is 42.5 Å². The molecule has 1 aliphatic heterocycles.